The van der Waals surface area contributed by atoms with Crippen molar-refractivity contribution < 1.29 is 14.6 Å². The molecular weight excluding hydrogens is 196 g/mol. The third-order valence-electron chi connectivity index (χ3n) is 2.32. The lowest BCUT2D eigenvalue weighted by Crippen LogP contribution is -2.32. The molecule has 0 heterocycles. The van der Waals surface area contributed by atoms with Crippen LogP contribution in [0.4, 0.5) is 4.79 Å². The molecule has 1 N–H and O–H groups in total. The summed E-state index contributed by atoms with van der Waals surface area (Å²) in [6, 6.07) is 0.367. The maximum absolute atomic E-state index is 10.2. The zero-order valence-electron chi connectivity index (χ0n) is 10.1. The quantitative estimate of drug-likeness (QED) is 0.645. The Morgan fingerprint density at radius 1 is 1.27 bits per heavy atom. The summed E-state index contributed by atoms with van der Waals surface area (Å²) < 4.78 is 4.51. The van der Waals surface area contributed by atoms with Crippen molar-refractivity contribution in [3.63, 3.8) is 0 Å². The van der Waals surface area contributed by atoms with Crippen LogP contribution in [0.3, 0.4) is 0 Å². The Balaban J connectivity index is 3.78. The highest BCUT2D eigenvalue weighted by Gasteiger charge is 2.12. The second-order valence-corrected chi connectivity index (χ2v) is 4.11. The van der Waals surface area contributed by atoms with Crippen molar-refractivity contribution in [2.75, 3.05) is 41.3 Å². The molecule has 0 amide bonds. The van der Waals surface area contributed by atoms with Gasteiger partial charge in [0.05, 0.1) is 6.61 Å². The molecule has 5 nitrogen and oxygen atoms in total. The summed E-state index contributed by atoms with van der Waals surface area (Å²) in [5.74, 6) is 0. The Labute approximate surface area is 91.6 Å². The predicted octanol–water partition coefficient (Wildman–Crippen LogP) is 0.953. The third kappa shape index (κ3) is 8.20. The van der Waals surface area contributed by atoms with Crippen molar-refractivity contribution >= 4 is 6.16 Å². The number of carboxylic acid groups (broad SMARTS) is 1. The average Bonchev–Trinajstić information content (AvgIpc) is 2.09. The molecule has 0 bridgehead atoms. The molecule has 15 heavy (non-hydrogen) atoms. The Morgan fingerprint density at radius 3 is 2.27 bits per heavy atom. The normalized spacial score (nSPS) is 13.2. The van der Waals surface area contributed by atoms with Crippen molar-refractivity contribution in [1.82, 2.24) is 9.80 Å². The Bertz CT molecular complexity index is 184. The lowest BCUT2D eigenvalue weighted by Gasteiger charge is -2.25. The smallest absolute Gasteiger partial charge is 0.450 e. The third-order valence-corrected chi connectivity index (χ3v) is 2.32. The average molecular weight is 218 g/mol. The lowest BCUT2D eigenvalue weighted by atomic mass is 10.1. The molecule has 0 fully saturated rings. The lowest BCUT2D eigenvalue weighted by molar-refractivity contribution is 0.0815. The Kier molecular flexibility index (Phi) is 7.07. The second kappa shape index (κ2) is 7.48. The minimum absolute atomic E-state index is 0.269. The van der Waals surface area contributed by atoms with Crippen LogP contribution in [0.15, 0.2) is 0 Å². The fourth-order valence-electron chi connectivity index (χ4n) is 1.35. The molecule has 0 aromatic rings. The van der Waals surface area contributed by atoms with Crippen LogP contribution in [-0.2, 0) is 4.74 Å². The van der Waals surface area contributed by atoms with Crippen molar-refractivity contribution in [3.05, 3.63) is 0 Å². The van der Waals surface area contributed by atoms with Crippen LogP contribution in [0.5, 0.6) is 0 Å². The van der Waals surface area contributed by atoms with Gasteiger partial charge in [0, 0.05) is 6.04 Å². The van der Waals surface area contributed by atoms with E-state index in [9.17, 15) is 4.79 Å². The van der Waals surface area contributed by atoms with Crippen LogP contribution in [-0.4, -0.2) is 68.4 Å². The van der Waals surface area contributed by atoms with E-state index in [2.05, 4.69) is 14.5 Å². The standard InChI is InChI=1S/C10H22N2O3/c1-11(2)7-5-9(12(3)4)6-8-15-10(13)14/h9H,5-8H2,1-4H3,(H,13,14). The maximum Gasteiger partial charge on any atom is 0.505 e. The highest BCUT2D eigenvalue weighted by atomic mass is 16.7. The van der Waals surface area contributed by atoms with Gasteiger partial charge in [-0.2, -0.15) is 0 Å². The first-order chi connectivity index (χ1) is 6.93. The molecule has 0 rings (SSSR count). The first-order valence-corrected chi connectivity index (χ1v) is 5.10. The first kappa shape index (κ1) is 14.2. The fourth-order valence-corrected chi connectivity index (χ4v) is 1.35. The van der Waals surface area contributed by atoms with Crippen molar-refractivity contribution in [3.8, 4) is 0 Å². The monoisotopic (exact) mass is 218 g/mol. The summed E-state index contributed by atoms with van der Waals surface area (Å²) in [5, 5.41) is 8.34. The molecule has 0 aromatic carbocycles. The van der Waals surface area contributed by atoms with Gasteiger partial charge >= 0.3 is 6.16 Å². The number of ether oxygens (including phenoxy) is 1. The summed E-state index contributed by atoms with van der Waals surface area (Å²) in [6.45, 7) is 1.27. The molecule has 0 radical (unpaired) electrons. The van der Waals surface area contributed by atoms with Crippen LogP contribution in [0.25, 0.3) is 0 Å². The molecule has 90 valence electrons. The first-order valence-electron chi connectivity index (χ1n) is 5.10. The SMILES string of the molecule is CN(C)CCC(CCOC(=O)O)N(C)C. The predicted molar refractivity (Wildman–Crippen MR) is 59.2 cm³/mol. The van der Waals surface area contributed by atoms with Gasteiger partial charge in [-0.1, -0.05) is 0 Å². The molecule has 0 spiro atoms. The molecule has 0 aromatic heterocycles. The molecule has 1 unspecified atom stereocenters. The van der Waals surface area contributed by atoms with Gasteiger partial charge in [0.25, 0.3) is 0 Å². The zero-order chi connectivity index (χ0) is 11.8. The van der Waals surface area contributed by atoms with Crippen molar-refractivity contribution in [2.24, 2.45) is 0 Å². The molecule has 0 saturated heterocycles. The van der Waals surface area contributed by atoms with E-state index in [1.165, 1.54) is 0 Å². The van der Waals surface area contributed by atoms with Crippen LogP contribution in [0.2, 0.25) is 0 Å². The highest BCUT2D eigenvalue weighted by molar-refractivity contribution is 5.56. The second-order valence-electron chi connectivity index (χ2n) is 4.11. The van der Waals surface area contributed by atoms with Crippen LogP contribution in [0.1, 0.15) is 12.8 Å². The van der Waals surface area contributed by atoms with Gasteiger partial charge in [-0.15, -0.1) is 0 Å². The molecule has 0 aliphatic rings. The van der Waals surface area contributed by atoms with E-state index in [1.54, 1.807) is 0 Å². The molecule has 1 atom stereocenters. The minimum atomic E-state index is -1.19. The Hall–Kier alpha value is -0.810. The Morgan fingerprint density at radius 2 is 1.87 bits per heavy atom. The molecular formula is C10H22N2O3. The van der Waals surface area contributed by atoms with E-state index < -0.39 is 6.16 Å². The van der Waals surface area contributed by atoms with Gasteiger partial charge < -0.3 is 19.6 Å². The molecule has 0 saturated carbocycles. The summed E-state index contributed by atoms with van der Waals surface area (Å²) in [6.07, 6.45) is 0.566. The molecule has 0 aliphatic carbocycles. The number of hydrogen-bond donors (Lipinski definition) is 1. The number of hydrogen-bond acceptors (Lipinski definition) is 4. The van der Waals surface area contributed by atoms with Crippen LogP contribution in [0, 0.1) is 0 Å². The zero-order valence-corrected chi connectivity index (χ0v) is 10.1. The topological polar surface area (TPSA) is 53.0 Å². The van der Waals surface area contributed by atoms with Crippen LogP contribution >= 0.6 is 0 Å². The summed E-state index contributed by atoms with van der Waals surface area (Å²) >= 11 is 0. The van der Waals surface area contributed by atoms with Gasteiger partial charge in [0.15, 0.2) is 0 Å². The maximum atomic E-state index is 10.2. The van der Waals surface area contributed by atoms with Gasteiger partial charge in [0.1, 0.15) is 0 Å². The molecule has 5 heteroatoms. The van der Waals surface area contributed by atoms with E-state index in [-0.39, 0.29) is 6.61 Å². The number of nitrogens with zero attached hydrogens (tertiary/aromatic N) is 2. The summed E-state index contributed by atoms with van der Waals surface area (Å²) in [4.78, 5) is 14.4. The highest BCUT2D eigenvalue weighted by Crippen LogP contribution is 2.06. The van der Waals surface area contributed by atoms with E-state index in [0.29, 0.717) is 6.04 Å². The van der Waals surface area contributed by atoms with Crippen molar-refractivity contribution in [1.29, 1.82) is 0 Å². The summed E-state index contributed by atoms with van der Waals surface area (Å²) in [7, 11) is 8.06. The van der Waals surface area contributed by atoms with Gasteiger partial charge in [-0.05, 0) is 47.6 Å². The van der Waals surface area contributed by atoms with Crippen LogP contribution < -0.4 is 0 Å². The van der Waals surface area contributed by atoms with E-state index >= 15 is 0 Å². The van der Waals surface area contributed by atoms with Gasteiger partial charge in [0.2, 0.25) is 0 Å². The summed E-state index contributed by atoms with van der Waals surface area (Å²) in [5.41, 5.74) is 0. The number of rotatable bonds is 7. The van der Waals surface area contributed by atoms with Gasteiger partial charge in [-0.3, -0.25) is 0 Å². The fraction of sp³-hybridized carbons (Fsp3) is 0.900. The van der Waals surface area contributed by atoms with E-state index in [0.717, 1.165) is 19.4 Å². The van der Waals surface area contributed by atoms with Gasteiger partial charge in [-0.25, -0.2) is 4.79 Å². The van der Waals surface area contributed by atoms with E-state index in [1.807, 2.05) is 28.2 Å². The molecule has 0 aliphatic heterocycles. The number of carbonyl (C=O) groups is 1. The minimum Gasteiger partial charge on any atom is -0.450 e. The largest absolute Gasteiger partial charge is 0.505 e. The van der Waals surface area contributed by atoms with Crippen molar-refractivity contribution in [2.45, 2.75) is 18.9 Å². The van der Waals surface area contributed by atoms with E-state index in [4.69, 9.17) is 5.11 Å².